The predicted octanol–water partition coefficient (Wildman–Crippen LogP) is 15.5. The molecule has 0 aliphatic rings. The van der Waals surface area contributed by atoms with Gasteiger partial charge in [-0.1, -0.05) is 234 Å². The van der Waals surface area contributed by atoms with E-state index in [0.29, 0.717) is 0 Å². The molecule has 0 fully saturated rings. The van der Waals surface area contributed by atoms with Crippen LogP contribution in [0.4, 0.5) is 0 Å². The average Bonchev–Trinajstić information content (AvgIpc) is 3.74. The van der Waals surface area contributed by atoms with E-state index in [9.17, 15) is 0 Å². The third-order valence-electron chi connectivity index (χ3n) is 10.6. The summed E-state index contributed by atoms with van der Waals surface area (Å²) < 4.78 is 0. The molecule has 0 N–H and O–H groups in total. The molecule has 0 bridgehead atoms. The number of hydrogen-bond donors (Lipinski definition) is 0. The Labute approximate surface area is 355 Å². The molecule has 8 aromatic carbocycles. The van der Waals surface area contributed by atoms with Crippen molar-refractivity contribution in [1.82, 2.24) is 0 Å². The molecule has 0 heterocycles. The number of benzene rings is 6. The van der Waals surface area contributed by atoms with Gasteiger partial charge in [0.05, 0.1) is 0 Å². The van der Waals surface area contributed by atoms with Crippen LogP contribution < -0.4 is 0 Å². The standard InChI is InChI=1S/2C26H25.2CH3.Si.Zr/c2*1-18-24(26(2,3)4)17-23-21(19-11-7-5-8-12-19)15-16-22(25(18)23)20-13-9-6-10-14-20;;;;/h2*5-17H,1-4H3;2*1H3;;/q4*-1;;. The molecule has 0 spiro atoms. The summed E-state index contributed by atoms with van der Waals surface area (Å²) in [4.78, 5) is 0. The molecular weight excluding hydrogens is 768 g/mol. The first-order valence-electron chi connectivity index (χ1n) is 18.9. The van der Waals surface area contributed by atoms with Crippen molar-refractivity contribution in [3.8, 4) is 44.5 Å². The van der Waals surface area contributed by atoms with E-state index in [1.165, 1.54) is 112 Å². The van der Waals surface area contributed by atoms with Crippen LogP contribution in [0.1, 0.15) is 63.8 Å². The maximum absolute atomic E-state index is 3.06. The van der Waals surface area contributed by atoms with E-state index in [-0.39, 0.29) is 25.7 Å². The minimum absolute atomic E-state index is 0. The van der Waals surface area contributed by atoms with Gasteiger partial charge in [0.1, 0.15) is 0 Å². The van der Waals surface area contributed by atoms with Gasteiger partial charge in [0, 0.05) is 0 Å². The van der Waals surface area contributed by atoms with E-state index in [1.807, 2.05) is 0 Å². The van der Waals surface area contributed by atoms with Crippen LogP contribution >= 0.6 is 0 Å². The summed E-state index contributed by atoms with van der Waals surface area (Å²) in [5, 5.41) is 5.50. The summed E-state index contributed by atoms with van der Waals surface area (Å²) >= 11 is 1.36. The fourth-order valence-electron chi connectivity index (χ4n) is 8.13. The molecule has 0 saturated carbocycles. The molecule has 0 saturated heterocycles. The van der Waals surface area contributed by atoms with Crippen LogP contribution in [-0.4, -0.2) is 6.88 Å². The molecule has 2 heteroatoms. The van der Waals surface area contributed by atoms with Gasteiger partial charge in [0.2, 0.25) is 0 Å². The van der Waals surface area contributed by atoms with Crippen molar-refractivity contribution in [3.63, 3.8) is 0 Å². The zero-order chi connectivity index (χ0) is 38.6. The summed E-state index contributed by atoms with van der Waals surface area (Å²) in [5.74, 6) is 0. The number of fused-ring (bicyclic) bond motifs is 2. The Hall–Kier alpha value is -4.36. The molecule has 0 aromatic heterocycles. The molecular formula is C54H56SiZr-4. The Kier molecular flexibility index (Phi) is 14.8. The molecule has 0 nitrogen and oxygen atoms in total. The van der Waals surface area contributed by atoms with Crippen molar-refractivity contribution < 1.29 is 23.3 Å². The SMILES string of the molecule is Cc1c(C(C)(C)C)[cH-]c2c(-c3ccccc3)ccc(-c3ccccc3)c12.Cc1c(C(C)(C)C)[cH-]c2c(-c3ccccc3)ccc(-c3ccccc3)c12.[CH3-].[CH3-].[Si]=[Zr]. The fourth-order valence-corrected chi connectivity index (χ4v) is 8.13. The van der Waals surface area contributed by atoms with Crippen LogP contribution in [0.25, 0.3) is 66.1 Å². The number of hydrogen-bond acceptors (Lipinski definition) is 0. The van der Waals surface area contributed by atoms with Crippen molar-refractivity contribution in [3.05, 3.63) is 195 Å². The number of rotatable bonds is 4. The van der Waals surface area contributed by atoms with Crippen molar-refractivity contribution in [2.45, 2.75) is 66.2 Å². The molecule has 0 amide bonds. The fraction of sp³-hybridized carbons (Fsp3) is 0.185. The number of aryl methyl sites for hydroxylation is 2. The summed E-state index contributed by atoms with van der Waals surface area (Å²) in [6.07, 6.45) is 0. The summed E-state index contributed by atoms with van der Waals surface area (Å²) in [5.41, 5.74) is 16.4. The minimum atomic E-state index is 0. The maximum atomic E-state index is 3.06. The van der Waals surface area contributed by atoms with Crippen molar-refractivity contribution in [2.24, 2.45) is 0 Å². The van der Waals surface area contributed by atoms with Crippen LogP contribution in [0.15, 0.2) is 158 Å². The van der Waals surface area contributed by atoms with Gasteiger partial charge >= 0.3 is 30.2 Å². The molecule has 0 aliphatic carbocycles. The van der Waals surface area contributed by atoms with E-state index in [4.69, 9.17) is 0 Å². The summed E-state index contributed by atoms with van der Waals surface area (Å²) in [6.45, 7) is 21.5. The molecule has 56 heavy (non-hydrogen) atoms. The third-order valence-corrected chi connectivity index (χ3v) is 10.6. The van der Waals surface area contributed by atoms with Gasteiger partial charge in [0.25, 0.3) is 0 Å². The average molecular weight is 824 g/mol. The molecule has 8 aromatic rings. The topological polar surface area (TPSA) is 0 Å². The van der Waals surface area contributed by atoms with E-state index in [2.05, 4.69) is 220 Å². The Morgan fingerprint density at radius 2 is 0.607 bits per heavy atom. The van der Waals surface area contributed by atoms with Crippen molar-refractivity contribution in [1.29, 1.82) is 0 Å². The van der Waals surface area contributed by atoms with Gasteiger partial charge in [-0.25, -0.2) is 0 Å². The molecule has 0 aliphatic heterocycles. The van der Waals surface area contributed by atoms with E-state index in [0.717, 1.165) is 0 Å². The van der Waals surface area contributed by atoms with Gasteiger partial charge < -0.3 is 14.9 Å². The van der Waals surface area contributed by atoms with Gasteiger partial charge in [-0.3, -0.25) is 0 Å². The van der Waals surface area contributed by atoms with Crippen LogP contribution in [-0.2, 0) is 34.2 Å². The zero-order valence-corrected chi connectivity index (χ0v) is 38.5. The molecule has 2 radical (unpaired) electrons. The van der Waals surface area contributed by atoms with Crippen LogP contribution in [0.5, 0.6) is 0 Å². The second-order valence-corrected chi connectivity index (χ2v) is 16.2. The Morgan fingerprint density at radius 3 is 0.857 bits per heavy atom. The predicted molar refractivity (Wildman–Crippen MR) is 246 cm³/mol. The second kappa shape index (κ2) is 18.7. The first kappa shape index (κ1) is 44.4. The molecule has 284 valence electrons. The monoisotopic (exact) mass is 822 g/mol. The van der Waals surface area contributed by atoms with E-state index in [1.54, 1.807) is 0 Å². The zero-order valence-electron chi connectivity index (χ0n) is 35.0. The van der Waals surface area contributed by atoms with Crippen LogP contribution in [0.3, 0.4) is 0 Å². The Balaban J connectivity index is 0.000000230. The van der Waals surface area contributed by atoms with Gasteiger partial charge in [-0.15, -0.1) is 44.8 Å². The second-order valence-electron chi connectivity index (χ2n) is 16.2. The first-order chi connectivity index (χ1) is 25.9. The van der Waals surface area contributed by atoms with E-state index < -0.39 is 0 Å². The van der Waals surface area contributed by atoms with Gasteiger partial charge in [-0.2, -0.15) is 11.1 Å². The first-order valence-corrected chi connectivity index (χ1v) is 23.1. The van der Waals surface area contributed by atoms with Crippen LogP contribution in [0, 0.1) is 28.7 Å². The molecule has 0 atom stereocenters. The van der Waals surface area contributed by atoms with Crippen molar-refractivity contribution >= 4 is 28.4 Å². The molecule has 8 rings (SSSR count). The summed E-state index contributed by atoms with van der Waals surface area (Å²) in [6, 6.07) is 56.9. The van der Waals surface area contributed by atoms with E-state index >= 15 is 0 Å². The Morgan fingerprint density at radius 1 is 0.375 bits per heavy atom. The van der Waals surface area contributed by atoms with Crippen LogP contribution in [0.2, 0.25) is 0 Å². The normalized spacial score (nSPS) is 11.1. The summed E-state index contributed by atoms with van der Waals surface area (Å²) in [7, 11) is 0. The van der Waals surface area contributed by atoms with Crippen molar-refractivity contribution in [2.75, 3.05) is 0 Å². The van der Waals surface area contributed by atoms with Gasteiger partial charge in [0.15, 0.2) is 0 Å². The molecule has 0 unspecified atom stereocenters. The van der Waals surface area contributed by atoms with Gasteiger partial charge in [-0.05, 0) is 22.0 Å². The Bertz CT molecular complexity index is 2290. The third kappa shape index (κ3) is 9.09. The quantitative estimate of drug-likeness (QED) is 0.123.